The smallest absolute Gasteiger partial charge is 0.246 e. The van der Waals surface area contributed by atoms with E-state index >= 15 is 0 Å². The van der Waals surface area contributed by atoms with E-state index in [9.17, 15) is 9.59 Å². The largest absolute Gasteiger partial charge is 0.496 e. The fourth-order valence-electron chi connectivity index (χ4n) is 4.76. The predicted molar refractivity (Wildman–Crippen MR) is 130 cm³/mol. The molecule has 182 valence electrons. The van der Waals surface area contributed by atoms with Crippen molar-refractivity contribution in [3.05, 3.63) is 35.4 Å². The highest BCUT2D eigenvalue weighted by Gasteiger charge is 2.27. The number of methoxy groups -OCH3 is 1. The Labute approximate surface area is 198 Å². The van der Waals surface area contributed by atoms with Gasteiger partial charge in [-0.3, -0.25) is 14.5 Å². The van der Waals surface area contributed by atoms with E-state index in [1.807, 2.05) is 24.8 Å². The van der Waals surface area contributed by atoms with Crippen LogP contribution < -0.4 is 9.47 Å². The number of nitrogens with zero attached hydrogens (tertiary/aromatic N) is 3. The summed E-state index contributed by atoms with van der Waals surface area (Å²) in [5.41, 5.74) is 1.40. The molecule has 0 aromatic heterocycles. The highest BCUT2D eigenvalue weighted by atomic mass is 16.5. The Balaban J connectivity index is 1.59. The molecule has 0 bridgehead atoms. The first-order valence-electron chi connectivity index (χ1n) is 12.2. The van der Waals surface area contributed by atoms with Crippen LogP contribution in [-0.4, -0.2) is 92.5 Å². The topological polar surface area (TPSA) is 62.3 Å². The van der Waals surface area contributed by atoms with Crippen molar-refractivity contribution >= 4 is 11.7 Å². The number of benzene rings is 1. The Morgan fingerprint density at radius 2 is 1.76 bits per heavy atom. The summed E-state index contributed by atoms with van der Waals surface area (Å²) >= 11 is 0. The van der Waals surface area contributed by atoms with Gasteiger partial charge >= 0.3 is 0 Å². The number of rotatable bonds is 8. The molecule has 0 aliphatic carbocycles. The zero-order valence-electron chi connectivity index (χ0n) is 20.6. The molecule has 0 spiro atoms. The third-order valence-corrected chi connectivity index (χ3v) is 6.75. The number of hydrogen-bond donors (Lipinski definition) is 0. The molecule has 2 aliphatic rings. The average Bonchev–Trinajstić information content (AvgIpc) is 3.06. The molecule has 0 unspecified atom stereocenters. The van der Waals surface area contributed by atoms with Gasteiger partial charge in [-0.05, 0) is 70.5 Å². The van der Waals surface area contributed by atoms with Crippen LogP contribution in [0.25, 0.3) is 0 Å². The summed E-state index contributed by atoms with van der Waals surface area (Å²) in [5, 5.41) is 0. The van der Waals surface area contributed by atoms with E-state index in [2.05, 4.69) is 16.8 Å². The zero-order chi connectivity index (χ0) is 23.8. The molecule has 1 aromatic rings. The Bertz CT molecular complexity index is 846. The molecule has 0 saturated carbocycles. The van der Waals surface area contributed by atoms with Crippen LogP contribution in [0.1, 0.15) is 49.0 Å². The minimum absolute atomic E-state index is 0.0991. The summed E-state index contributed by atoms with van der Waals surface area (Å²) in [6, 6.07) is 4.12. The molecule has 0 N–H and O–H groups in total. The van der Waals surface area contributed by atoms with Gasteiger partial charge in [-0.25, -0.2) is 0 Å². The van der Waals surface area contributed by atoms with Crippen molar-refractivity contribution in [1.29, 1.82) is 0 Å². The van der Waals surface area contributed by atoms with Crippen LogP contribution in [0.5, 0.6) is 11.5 Å². The molecule has 2 fully saturated rings. The van der Waals surface area contributed by atoms with Gasteiger partial charge in [-0.1, -0.05) is 6.92 Å². The lowest BCUT2D eigenvalue weighted by Gasteiger charge is -2.37. The monoisotopic (exact) mass is 457 g/mol. The van der Waals surface area contributed by atoms with E-state index in [4.69, 9.17) is 9.47 Å². The molecule has 2 aliphatic heterocycles. The van der Waals surface area contributed by atoms with Crippen molar-refractivity contribution < 1.29 is 19.1 Å². The van der Waals surface area contributed by atoms with E-state index in [1.54, 1.807) is 6.07 Å². The summed E-state index contributed by atoms with van der Waals surface area (Å²) in [6.45, 7) is 10.5. The average molecular weight is 458 g/mol. The summed E-state index contributed by atoms with van der Waals surface area (Å²) in [6.07, 6.45) is 6.70. The summed E-state index contributed by atoms with van der Waals surface area (Å²) in [4.78, 5) is 32.5. The fraction of sp³-hybridized carbons (Fsp3) is 0.615. The van der Waals surface area contributed by atoms with Crippen molar-refractivity contribution in [2.24, 2.45) is 0 Å². The molecule has 7 nitrogen and oxygen atoms in total. The minimum atomic E-state index is -0.235. The number of piperidine rings is 1. The number of likely N-dealkylation sites (tertiary alicyclic amines) is 1. The maximum absolute atomic E-state index is 12.9. The van der Waals surface area contributed by atoms with Gasteiger partial charge < -0.3 is 19.3 Å². The minimum Gasteiger partial charge on any atom is -0.496 e. The molecular weight excluding hydrogens is 418 g/mol. The number of carbonyl (C=O) groups is 2. The number of amides is 1. The van der Waals surface area contributed by atoms with E-state index < -0.39 is 0 Å². The second kappa shape index (κ2) is 12.2. The van der Waals surface area contributed by atoms with E-state index in [0.29, 0.717) is 24.0 Å². The number of allylic oxidation sites excluding steroid dienone is 1. The number of hydrogen-bond acceptors (Lipinski definition) is 6. The van der Waals surface area contributed by atoms with Gasteiger partial charge in [-0.2, -0.15) is 0 Å². The van der Waals surface area contributed by atoms with E-state index in [1.165, 1.54) is 25.7 Å². The van der Waals surface area contributed by atoms with Crippen LogP contribution in [0.4, 0.5) is 0 Å². The van der Waals surface area contributed by atoms with Crippen molar-refractivity contribution in [1.82, 2.24) is 14.7 Å². The lowest BCUT2D eigenvalue weighted by atomic mass is 10.0. The van der Waals surface area contributed by atoms with Crippen molar-refractivity contribution in [3.63, 3.8) is 0 Å². The number of carbonyl (C=O) groups excluding carboxylic acids is 2. The lowest BCUT2D eigenvalue weighted by Crippen LogP contribution is -2.47. The van der Waals surface area contributed by atoms with E-state index in [-0.39, 0.29) is 11.7 Å². The van der Waals surface area contributed by atoms with Crippen LogP contribution in [0.3, 0.4) is 0 Å². The summed E-state index contributed by atoms with van der Waals surface area (Å²) in [5.74, 6) is 0.855. The van der Waals surface area contributed by atoms with Crippen molar-refractivity contribution in [2.75, 3.05) is 60.0 Å². The second-order valence-corrected chi connectivity index (χ2v) is 8.89. The molecule has 2 saturated heterocycles. The fourth-order valence-corrected chi connectivity index (χ4v) is 4.76. The first-order chi connectivity index (χ1) is 16.0. The van der Waals surface area contributed by atoms with Gasteiger partial charge in [0, 0.05) is 44.4 Å². The van der Waals surface area contributed by atoms with E-state index in [0.717, 1.165) is 69.8 Å². The molecule has 2 heterocycles. The molecule has 7 heteroatoms. The normalized spacial score (nSPS) is 19.0. The lowest BCUT2D eigenvalue weighted by molar-refractivity contribution is -0.127. The standard InChI is InChI=1S/C26H39N3O4/c1-5-20-18-22(25(32-4)19-24(20)33-6-2)23(30)8-9-26(31)29-14-10-21(11-15-29)28-13-7-12-27(3)16-17-28/h8-9,18-19,21H,5-7,10-17H2,1-4H3. The molecular formula is C26H39N3O4. The maximum Gasteiger partial charge on any atom is 0.246 e. The van der Waals surface area contributed by atoms with Gasteiger partial charge in [0.25, 0.3) is 0 Å². The first-order valence-corrected chi connectivity index (χ1v) is 12.2. The highest BCUT2D eigenvalue weighted by Crippen LogP contribution is 2.30. The Kier molecular flexibility index (Phi) is 9.32. The molecule has 0 atom stereocenters. The molecule has 1 amide bonds. The highest BCUT2D eigenvalue weighted by molar-refractivity contribution is 6.09. The second-order valence-electron chi connectivity index (χ2n) is 8.89. The van der Waals surface area contributed by atoms with Gasteiger partial charge in [-0.15, -0.1) is 0 Å². The maximum atomic E-state index is 12.9. The third-order valence-electron chi connectivity index (χ3n) is 6.75. The number of aryl methyl sites for hydroxylation is 1. The van der Waals surface area contributed by atoms with Gasteiger partial charge in [0.2, 0.25) is 5.91 Å². The van der Waals surface area contributed by atoms with Crippen molar-refractivity contribution in [2.45, 2.75) is 45.6 Å². The SMILES string of the molecule is CCOc1cc(OC)c(C(=O)C=CC(=O)N2CCC(N3CCCN(C)CC3)CC2)cc1CC. The number of ketones is 1. The van der Waals surface area contributed by atoms with Crippen LogP contribution >= 0.6 is 0 Å². The summed E-state index contributed by atoms with van der Waals surface area (Å²) in [7, 11) is 3.72. The quantitative estimate of drug-likeness (QED) is 0.442. The number of likely N-dealkylation sites (N-methyl/N-ethyl adjacent to an activating group) is 1. The van der Waals surface area contributed by atoms with Crippen molar-refractivity contribution in [3.8, 4) is 11.5 Å². The zero-order valence-corrected chi connectivity index (χ0v) is 20.6. The molecule has 1 aromatic carbocycles. The van der Waals surface area contributed by atoms with Gasteiger partial charge in [0.05, 0.1) is 19.3 Å². The molecule has 33 heavy (non-hydrogen) atoms. The van der Waals surface area contributed by atoms with Crippen LogP contribution in [0, 0.1) is 0 Å². The van der Waals surface area contributed by atoms with Crippen LogP contribution in [0.15, 0.2) is 24.3 Å². The van der Waals surface area contributed by atoms with Gasteiger partial charge in [0.15, 0.2) is 5.78 Å². The van der Waals surface area contributed by atoms with Crippen LogP contribution in [0.2, 0.25) is 0 Å². The van der Waals surface area contributed by atoms with Gasteiger partial charge in [0.1, 0.15) is 11.5 Å². The third kappa shape index (κ3) is 6.58. The summed E-state index contributed by atoms with van der Waals surface area (Å²) < 4.78 is 11.1. The molecule has 3 rings (SSSR count). The Morgan fingerprint density at radius 3 is 2.42 bits per heavy atom. The Morgan fingerprint density at radius 1 is 1.00 bits per heavy atom. The molecule has 0 radical (unpaired) electrons. The predicted octanol–water partition coefficient (Wildman–Crippen LogP) is 3.02. The van der Waals surface area contributed by atoms with Crippen LogP contribution in [-0.2, 0) is 11.2 Å². The first kappa shape index (κ1) is 25.2. The Hall–Kier alpha value is -2.38. The number of ether oxygens (including phenoxy) is 2.